The van der Waals surface area contributed by atoms with Crippen molar-refractivity contribution in [3.63, 3.8) is 0 Å². The van der Waals surface area contributed by atoms with Gasteiger partial charge in [0.15, 0.2) is 0 Å². The minimum Gasteiger partial charge on any atom is -0.480 e. The second-order valence-corrected chi connectivity index (χ2v) is 4.09. The second-order valence-electron chi connectivity index (χ2n) is 4.09. The van der Waals surface area contributed by atoms with Crippen molar-refractivity contribution in [2.24, 2.45) is 0 Å². The van der Waals surface area contributed by atoms with Gasteiger partial charge < -0.3 is 25.2 Å². The highest BCUT2D eigenvalue weighted by molar-refractivity contribution is 5.74. The topological polar surface area (TPSA) is 96.9 Å². The third-order valence-electron chi connectivity index (χ3n) is 2.59. The van der Waals surface area contributed by atoms with Crippen LogP contribution in [0.5, 0.6) is 0 Å². The molecule has 0 aliphatic heterocycles. The molecule has 0 spiro atoms. The monoisotopic (exact) mass is 260 g/mol. The summed E-state index contributed by atoms with van der Waals surface area (Å²) in [5.41, 5.74) is 0. The maximum atomic E-state index is 11.4. The molecule has 0 radical (unpaired) electrons. The molecular weight excluding hydrogens is 240 g/mol. The van der Waals surface area contributed by atoms with Crippen LogP contribution in [0.1, 0.15) is 19.8 Å². The molecule has 1 fully saturated rings. The number of nitrogens with one attached hydrogen (secondary N) is 2. The number of carboxylic acid groups (broad SMARTS) is 1. The molecule has 0 saturated heterocycles. The summed E-state index contributed by atoms with van der Waals surface area (Å²) in [4.78, 5) is 21.5. The Morgan fingerprint density at radius 3 is 2.72 bits per heavy atom. The van der Waals surface area contributed by atoms with Crippen molar-refractivity contribution in [2.75, 3.05) is 26.4 Å². The van der Waals surface area contributed by atoms with Crippen LogP contribution in [-0.4, -0.2) is 55.6 Å². The van der Waals surface area contributed by atoms with Gasteiger partial charge in [0, 0.05) is 19.2 Å². The minimum atomic E-state index is -1.02. The highest BCUT2D eigenvalue weighted by atomic mass is 16.5. The number of amides is 2. The second kappa shape index (κ2) is 7.88. The maximum Gasteiger partial charge on any atom is 0.329 e. The highest BCUT2D eigenvalue weighted by Gasteiger charge is 2.30. The summed E-state index contributed by atoms with van der Waals surface area (Å²) < 4.78 is 10.2. The molecule has 1 aliphatic rings. The first-order valence-corrected chi connectivity index (χ1v) is 6.07. The van der Waals surface area contributed by atoms with Crippen LogP contribution in [-0.2, 0) is 14.3 Å². The van der Waals surface area contributed by atoms with Gasteiger partial charge in [-0.05, 0) is 19.8 Å². The third-order valence-corrected chi connectivity index (χ3v) is 2.59. The van der Waals surface area contributed by atoms with Gasteiger partial charge in [0.25, 0.3) is 0 Å². The van der Waals surface area contributed by atoms with Gasteiger partial charge in [-0.1, -0.05) is 0 Å². The van der Waals surface area contributed by atoms with Gasteiger partial charge in [-0.25, -0.2) is 9.59 Å². The summed E-state index contributed by atoms with van der Waals surface area (Å²) in [5, 5.41) is 13.7. The van der Waals surface area contributed by atoms with E-state index in [1.165, 1.54) is 0 Å². The number of urea groups is 1. The Bertz CT molecular complexity index is 279. The molecule has 0 aromatic heterocycles. The zero-order valence-corrected chi connectivity index (χ0v) is 10.5. The van der Waals surface area contributed by atoms with Crippen LogP contribution in [0.3, 0.4) is 0 Å². The first-order valence-electron chi connectivity index (χ1n) is 6.07. The molecule has 0 heterocycles. The molecular formula is C11H20N2O5. The van der Waals surface area contributed by atoms with Crippen LogP contribution in [0.25, 0.3) is 0 Å². The van der Waals surface area contributed by atoms with E-state index in [1.54, 1.807) is 0 Å². The number of carbonyl (C=O) groups is 2. The van der Waals surface area contributed by atoms with E-state index in [1.807, 2.05) is 6.92 Å². The summed E-state index contributed by atoms with van der Waals surface area (Å²) in [6.45, 7) is 2.78. The number of ether oxygens (including phenoxy) is 2. The normalized spacial score (nSPS) is 22.1. The summed E-state index contributed by atoms with van der Waals surface area (Å²) in [6.07, 6.45) is 1.95. The van der Waals surface area contributed by atoms with E-state index in [-0.39, 0.29) is 31.4 Å². The molecule has 1 saturated carbocycles. The molecule has 0 atom stereocenters. The molecule has 0 unspecified atom stereocenters. The first-order chi connectivity index (χ1) is 8.61. The Morgan fingerprint density at radius 1 is 1.39 bits per heavy atom. The SMILES string of the molecule is CCOC1CC(NC(=O)NCCOCC(=O)O)C1. The number of carbonyl (C=O) groups excluding carboxylic acids is 1. The van der Waals surface area contributed by atoms with Crippen LogP contribution < -0.4 is 10.6 Å². The van der Waals surface area contributed by atoms with E-state index in [0.29, 0.717) is 13.2 Å². The molecule has 18 heavy (non-hydrogen) atoms. The molecule has 1 aliphatic carbocycles. The molecule has 3 N–H and O–H groups in total. The average Bonchev–Trinajstić information content (AvgIpc) is 2.25. The molecule has 0 aromatic rings. The van der Waals surface area contributed by atoms with Crippen LogP contribution in [0.15, 0.2) is 0 Å². The zero-order chi connectivity index (χ0) is 13.4. The van der Waals surface area contributed by atoms with Crippen LogP contribution >= 0.6 is 0 Å². The van der Waals surface area contributed by atoms with Crippen molar-refractivity contribution in [3.8, 4) is 0 Å². The molecule has 7 nitrogen and oxygen atoms in total. The molecule has 0 aromatic carbocycles. The van der Waals surface area contributed by atoms with Crippen molar-refractivity contribution in [2.45, 2.75) is 31.9 Å². The lowest BCUT2D eigenvalue weighted by Gasteiger charge is -2.35. The van der Waals surface area contributed by atoms with E-state index < -0.39 is 5.97 Å². The van der Waals surface area contributed by atoms with Gasteiger partial charge in [0.05, 0.1) is 12.7 Å². The van der Waals surface area contributed by atoms with Gasteiger partial charge in [0.1, 0.15) is 6.61 Å². The first kappa shape index (κ1) is 14.7. The van der Waals surface area contributed by atoms with Crippen molar-refractivity contribution >= 4 is 12.0 Å². The Labute approximate surface area is 106 Å². The standard InChI is InChI=1S/C11H20N2O5/c1-2-18-9-5-8(6-9)13-11(16)12-3-4-17-7-10(14)15/h8-9H,2-7H2,1H3,(H,14,15)(H2,12,13,16). The molecule has 104 valence electrons. The molecule has 1 rings (SSSR count). The van der Waals surface area contributed by atoms with Gasteiger partial charge >= 0.3 is 12.0 Å². The van der Waals surface area contributed by atoms with E-state index in [0.717, 1.165) is 12.8 Å². The molecule has 2 amide bonds. The van der Waals surface area contributed by atoms with Crippen molar-refractivity contribution < 1.29 is 24.2 Å². The van der Waals surface area contributed by atoms with E-state index >= 15 is 0 Å². The lowest BCUT2D eigenvalue weighted by molar-refractivity contribution is -0.142. The van der Waals surface area contributed by atoms with Gasteiger partial charge in [-0.15, -0.1) is 0 Å². The van der Waals surface area contributed by atoms with E-state index in [9.17, 15) is 9.59 Å². The highest BCUT2D eigenvalue weighted by Crippen LogP contribution is 2.22. The third kappa shape index (κ3) is 5.83. The summed E-state index contributed by atoms with van der Waals surface area (Å²) in [6, 6.07) is -0.0876. The summed E-state index contributed by atoms with van der Waals surface area (Å²) in [5.74, 6) is -1.02. The predicted molar refractivity (Wildman–Crippen MR) is 63.4 cm³/mol. The fourth-order valence-electron chi connectivity index (χ4n) is 1.69. The molecule has 0 bridgehead atoms. The fourth-order valence-corrected chi connectivity index (χ4v) is 1.69. The number of carboxylic acids is 1. The number of hydrogen-bond donors (Lipinski definition) is 3. The number of hydrogen-bond acceptors (Lipinski definition) is 4. The van der Waals surface area contributed by atoms with Gasteiger partial charge in [-0.3, -0.25) is 0 Å². The fraction of sp³-hybridized carbons (Fsp3) is 0.818. The maximum absolute atomic E-state index is 11.4. The van der Waals surface area contributed by atoms with Crippen LogP contribution in [0, 0.1) is 0 Å². The largest absolute Gasteiger partial charge is 0.480 e. The zero-order valence-electron chi connectivity index (χ0n) is 10.5. The van der Waals surface area contributed by atoms with E-state index in [4.69, 9.17) is 14.6 Å². The van der Waals surface area contributed by atoms with Crippen molar-refractivity contribution in [1.29, 1.82) is 0 Å². The number of aliphatic carboxylic acids is 1. The van der Waals surface area contributed by atoms with Crippen LogP contribution in [0.2, 0.25) is 0 Å². The van der Waals surface area contributed by atoms with Gasteiger partial charge in [-0.2, -0.15) is 0 Å². The Morgan fingerprint density at radius 2 is 2.11 bits per heavy atom. The lowest BCUT2D eigenvalue weighted by atomic mass is 9.89. The van der Waals surface area contributed by atoms with Crippen molar-refractivity contribution in [1.82, 2.24) is 10.6 Å². The Balaban J connectivity index is 1.94. The summed E-state index contributed by atoms with van der Waals surface area (Å²) in [7, 11) is 0. The average molecular weight is 260 g/mol. The lowest BCUT2D eigenvalue weighted by Crippen LogP contribution is -2.51. The predicted octanol–water partition coefficient (Wildman–Crippen LogP) is -0.0457. The van der Waals surface area contributed by atoms with Gasteiger partial charge in [0.2, 0.25) is 0 Å². The number of rotatable bonds is 8. The quantitative estimate of drug-likeness (QED) is 0.532. The smallest absolute Gasteiger partial charge is 0.329 e. The minimum absolute atomic E-state index is 0.168. The Kier molecular flexibility index (Phi) is 6.45. The molecule has 7 heteroatoms. The van der Waals surface area contributed by atoms with E-state index in [2.05, 4.69) is 10.6 Å². The van der Waals surface area contributed by atoms with Crippen LogP contribution in [0.4, 0.5) is 4.79 Å². The Hall–Kier alpha value is -1.34. The summed E-state index contributed by atoms with van der Waals surface area (Å²) >= 11 is 0. The van der Waals surface area contributed by atoms with Crippen molar-refractivity contribution in [3.05, 3.63) is 0 Å².